The fourth-order valence-electron chi connectivity index (χ4n) is 3.52. The maximum Gasteiger partial charge on any atom is 0.247 e. The molecule has 0 bridgehead atoms. The van der Waals surface area contributed by atoms with Gasteiger partial charge in [-0.25, -0.2) is 0 Å². The van der Waals surface area contributed by atoms with Crippen LogP contribution in [0.15, 0.2) is 78.9 Å². The van der Waals surface area contributed by atoms with E-state index in [4.69, 9.17) is 0 Å². The summed E-state index contributed by atoms with van der Waals surface area (Å²) in [6.07, 6.45) is 3.76. The van der Waals surface area contributed by atoms with E-state index in [9.17, 15) is 9.59 Å². The van der Waals surface area contributed by atoms with Gasteiger partial charge in [0.05, 0.1) is 12.5 Å². The average Bonchev–Trinajstić information content (AvgIpc) is 3.15. The number of amides is 2. The Kier molecular flexibility index (Phi) is 5.86. The Morgan fingerprint density at radius 2 is 1.72 bits per heavy atom. The predicted octanol–water partition coefficient (Wildman–Crippen LogP) is 4.52. The van der Waals surface area contributed by atoms with Crippen LogP contribution in [0.5, 0.6) is 0 Å². The molecular weight excluding hydrogens is 380 g/mol. The third kappa shape index (κ3) is 4.63. The van der Waals surface area contributed by atoms with Crippen LogP contribution in [0.25, 0.3) is 16.5 Å². The topological polar surface area (TPSA) is 49.4 Å². The van der Waals surface area contributed by atoms with Gasteiger partial charge in [0.25, 0.3) is 0 Å². The molecular formula is C24H22N2O2S. The van der Waals surface area contributed by atoms with Gasteiger partial charge < -0.3 is 10.2 Å². The zero-order valence-corrected chi connectivity index (χ0v) is 16.8. The van der Waals surface area contributed by atoms with Crippen LogP contribution >= 0.6 is 11.3 Å². The van der Waals surface area contributed by atoms with E-state index in [1.807, 2.05) is 60.7 Å². The molecule has 146 valence electrons. The number of hydrogen-bond donors (Lipinski definition) is 1. The number of carbonyl (C=O) groups is 2. The quantitative estimate of drug-likeness (QED) is 0.653. The van der Waals surface area contributed by atoms with Crippen molar-refractivity contribution in [2.45, 2.75) is 12.5 Å². The SMILES string of the molecule is O=C1C[C@@H](c2ccccc2)N(C(=O)/C=C\c2ccc(-c3ccccc3)s2)CCN1. The minimum Gasteiger partial charge on any atom is -0.354 e. The summed E-state index contributed by atoms with van der Waals surface area (Å²) in [7, 11) is 0. The molecule has 0 saturated carbocycles. The second kappa shape index (κ2) is 8.88. The van der Waals surface area contributed by atoms with E-state index in [1.165, 1.54) is 10.4 Å². The molecule has 29 heavy (non-hydrogen) atoms. The van der Waals surface area contributed by atoms with Crippen molar-refractivity contribution in [3.63, 3.8) is 0 Å². The monoisotopic (exact) mass is 402 g/mol. The van der Waals surface area contributed by atoms with Crippen molar-refractivity contribution in [2.75, 3.05) is 13.1 Å². The minimum absolute atomic E-state index is 0.0242. The van der Waals surface area contributed by atoms with Gasteiger partial charge in [-0.05, 0) is 29.3 Å². The van der Waals surface area contributed by atoms with Crippen molar-refractivity contribution < 1.29 is 9.59 Å². The first-order valence-electron chi connectivity index (χ1n) is 9.66. The molecule has 0 spiro atoms. The van der Waals surface area contributed by atoms with Crippen molar-refractivity contribution in [3.05, 3.63) is 89.3 Å². The van der Waals surface area contributed by atoms with Gasteiger partial charge in [0.1, 0.15) is 0 Å². The van der Waals surface area contributed by atoms with Crippen molar-refractivity contribution >= 4 is 29.2 Å². The molecule has 1 atom stereocenters. The third-order valence-corrected chi connectivity index (χ3v) is 6.07. The molecule has 1 fully saturated rings. The van der Waals surface area contributed by atoms with Crippen LogP contribution in [0.4, 0.5) is 0 Å². The maximum atomic E-state index is 13.0. The minimum atomic E-state index is -0.251. The second-order valence-electron chi connectivity index (χ2n) is 6.91. The van der Waals surface area contributed by atoms with Crippen LogP contribution in [-0.4, -0.2) is 29.8 Å². The molecule has 1 aliphatic heterocycles. The van der Waals surface area contributed by atoms with E-state index < -0.39 is 0 Å². The lowest BCUT2D eigenvalue weighted by Gasteiger charge is -2.28. The Labute approximate surface area is 174 Å². The maximum absolute atomic E-state index is 13.0. The molecule has 2 aromatic carbocycles. The fourth-order valence-corrected chi connectivity index (χ4v) is 4.43. The largest absolute Gasteiger partial charge is 0.354 e. The Hall–Kier alpha value is -3.18. The number of thiophene rings is 1. The standard InChI is InChI=1S/C24H22N2O2S/c27-23-17-21(18-7-3-1-4-8-18)26(16-15-25-23)24(28)14-12-20-11-13-22(29-20)19-9-5-2-6-10-19/h1-14,21H,15-17H2,(H,25,27)/b14-12-/t21-/m0/s1. The highest BCUT2D eigenvalue weighted by molar-refractivity contribution is 7.16. The third-order valence-electron chi connectivity index (χ3n) is 4.97. The first-order valence-corrected chi connectivity index (χ1v) is 10.5. The summed E-state index contributed by atoms with van der Waals surface area (Å²) in [5.74, 6) is -0.103. The highest BCUT2D eigenvalue weighted by Gasteiger charge is 2.28. The lowest BCUT2D eigenvalue weighted by molar-refractivity contribution is -0.128. The van der Waals surface area contributed by atoms with E-state index >= 15 is 0 Å². The smallest absolute Gasteiger partial charge is 0.247 e. The molecule has 1 aromatic heterocycles. The number of benzene rings is 2. The number of hydrogen-bond acceptors (Lipinski definition) is 3. The number of nitrogens with one attached hydrogen (secondary N) is 1. The van der Waals surface area contributed by atoms with E-state index in [2.05, 4.69) is 23.5 Å². The molecule has 1 N–H and O–H groups in total. The number of nitrogens with zero attached hydrogens (tertiary/aromatic N) is 1. The molecule has 5 heteroatoms. The molecule has 1 aliphatic rings. The highest BCUT2D eigenvalue weighted by Crippen LogP contribution is 2.29. The van der Waals surface area contributed by atoms with Gasteiger partial charge in [-0.3, -0.25) is 9.59 Å². The van der Waals surface area contributed by atoms with Crippen molar-refractivity contribution in [2.24, 2.45) is 0 Å². The highest BCUT2D eigenvalue weighted by atomic mass is 32.1. The van der Waals surface area contributed by atoms with Gasteiger partial charge in [-0.15, -0.1) is 11.3 Å². The van der Waals surface area contributed by atoms with E-state index in [1.54, 1.807) is 22.3 Å². The summed E-state index contributed by atoms with van der Waals surface area (Å²) in [6.45, 7) is 0.965. The first kappa shape index (κ1) is 19.2. The average molecular weight is 403 g/mol. The molecule has 0 aliphatic carbocycles. The van der Waals surface area contributed by atoms with Crippen LogP contribution in [0.3, 0.4) is 0 Å². The summed E-state index contributed by atoms with van der Waals surface area (Å²) in [5.41, 5.74) is 2.15. The van der Waals surface area contributed by atoms with Crippen molar-refractivity contribution in [1.29, 1.82) is 0 Å². The molecule has 2 amide bonds. The van der Waals surface area contributed by atoms with Gasteiger partial charge in [-0.2, -0.15) is 0 Å². The number of carbonyl (C=O) groups excluding carboxylic acids is 2. The number of rotatable bonds is 4. The summed E-state index contributed by atoms with van der Waals surface area (Å²) in [5, 5.41) is 2.87. The molecule has 4 nitrogen and oxygen atoms in total. The van der Waals surface area contributed by atoms with E-state index in [0.717, 1.165) is 10.4 Å². The zero-order valence-electron chi connectivity index (χ0n) is 16.0. The van der Waals surface area contributed by atoms with Gasteiger partial charge in [0.2, 0.25) is 11.8 Å². The van der Waals surface area contributed by atoms with Gasteiger partial charge in [-0.1, -0.05) is 60.7 Å². The summed E-state index contributed by atoms with van der Waals surface area (Å²) < 4.78 is 0. The van der Waals surface area contributed by atoms with Crippen LogP contribution in [-0.2, 0) is 9.59 Å². The van der Waals surface area contributed by atoms with E-state index in [-0.39, 0.29) is 24.3 Å². The van der Waals surface area contributed by atoms with Gasteiger partial charge in [0.15, 0.2) is 0 Å². The van der Waals surface area contributed by atoms with Crippen molar-refractivity contribution in [3.8, 4) is 10.4 Å². The molecule has 0 radical (unpaired) electrons. The molecule has 0 unspecified atom stereocenters. The molecule has 1 saturated heterocycles. The Balaban J connectivity index is 1.53. The molecule has 4 rings (SSSR count). The summed E-state index contributed by atoms with van der Waals surface area (Å²) in [4.78, 5) is 29.1. The van der Waals surface area contributed by atoms with Crippen LogP contribution in [0.2, 0.25) is 0 Å². The predicted molar refractivity (Wildman–Crippen MR) is 117 cm³/mol. The van der Waals surface area contributed by atoms with Gasteiger partial charge >= 0.3 is 0 Å². The molecule has 2 heterocycles. The van der Waals surface area contributed by atoms with Crippen LogP contribution < -0.4 is 5.32 Å². The van der Waals surface area contributed by atoms with Gasteiger partial charge in [0, 0.05) is 28.9 Å². The summed E-state index contributed by atoms with van der Waals surface area (Å²) >= 11 is 1.65. The normalized spacial score (nSPS) is 17.2. The van der Waals surface area contributed by atoms with Crippen LogP contribution in [0, 0.1) is 0 Å². The first-order chi connectivity index (χ1) is 14.2. The zero-order chi connectivity index (χ0) is 20.1. The fraction of sp³-hybridized carbons (Fsp3) is 0.167. The molecule has 3 aromatic rings. The lowest BCUT2D eigenvalue weighted by atomic mass is 10.0. The Bertz CT molecular complexity index is 1010. The Morgan fingerprint density at radius 3 is 2.48 bits per heavy atom. The summed E-state index contributed by atoms with van der Waals surface area (Å²) in [6, 6.07) is 23.8. The second-order valence-corrected chi connectivity index (χ2v) is 8.03. The van der Waals surface area contributed by atoms with E-state index in [0.29, 0.717) is 13.1 Å². The van der Waals surface area contributed by atoms with Crippen molar-refractivity contribution in [1.82, 2.24) is 10.2 Å². The van der Waals surface area contributed by atoms with Crippen LogP contribution in [0.1, 0.15) is 22.9 Å². The lowest BCUT2D eigenvalue weighted by Crippen LogP contribution is -2.35. The Morgan fingerprint density at radius 1 is 1.00 bits per heavy atom.